The van der Waals surface area contributed by atoms with Gasteiger partial charge in [0.2, 0.25) is 22.6 Å². The number of hydrogen-bond acceptors (Lipinski definition) is 10. The van der Waals surface area contributed by atoms with Crippen LogP contribution in [0.1, 0.15) is 52.8 Å². The molecule has 0 atom stereocenters. The van der Waals surface area contributed by atoms with Crippen LogP contribution in [0.25, 0.3) is 38.3 Å². The number of nitrogens with zero attached hydrogens (tertiary/aromatic N) is 7. The highest BCUT2D eigenvalue weighted by Gasteiger charge is 2.15. The number of benzene rings is 2. The number of hydrogen-bond donors (Lipinski definition) is 0. The summed E-state index contributed by atoms with van der Waals surface area (Å²) in [5.74, 6) is -0.496. The van der Waals surface area contributed by atoms with E-state index < -0.39 is 0 Å². The number of aryl methyl sites for hydroxylation is 2. The molecule has 0 saturated carbocycles. The standard InChI is InChI=1S/C21H17N3O3.C14H18N2O2.C9H7ClN2O/c1-12-4-9-15-18(25)16-10-11-17(23-20(16)27-19(15)22-12)13-5-7-14(8-6-13)21(26)24(2)3;1-15(2)10-9-13(17)11-5-7-12(8-6-11)14(18)16(3)4;1-6-3-4-7(9(10)12-6)8(13)5-11-2/h4-11H,1-3H3;5-10H,1-4H3;3-4H,5H2,1H3/b;10-9+;. The van der Waals surface area contributed by atoms with Crippen LogP contribution in [0.15, 0.2) is 106 Å². The van der Waals surface area contributed by atoms with Crippen molar-refractivity contribution in [3.8, 4) is 11.3 Å². The highest BCUT2D eigenvalue weighted by Crippen LogP contribution is 2.23. The first-order valence-electron chi connectivity index (χ1n) is 17.7. The van der Waals surface area contributed by atoms with Crippen molar-refractivity contribution in [2.75, 3.05) is 48.8 Å². The number of carbonyl (C=O) groups is 4. The van der Waals surface area contributed by atoms with Crippen molar-refractivity contribution in [1.82, 2.24) is 29.7 Å². The minimum absolute atomic E-state index is 0.0630. The summed E-state index contributed by atoms with van der Waals surface area (Å²) in [6.07, 6.45) is 3.20. The highest BCUT2D eigenvalue weighted by molar-refractivity contribution is 6.32. The van der Waals surface area contributed by atoms with Crippen LogP contribution in [0.5, 0.6) is 0 Å². The van der Waals surface area contributed by atoms with Crippen molar-refractivity contribution >= 4 is 57.2 Å². The minimum Gasteiger partial charge on any atom is -0.419 e. The Labute approximate surface area is 341 Å². The number of halogens is 1. The van der Waals surface area contributed by atoms with E-state index in [0.29, 0.717) is 38.7 Å². The van der Waals surface area contributed by atoms with Crippen LogP contribution in [0.2, 0.25) is 5.15 Å². The summed E-state index contributed by atoms with van der Waals surface area (Å²) in [5, 5.41) is 1.03. The van der Waals surface area contributed by atoms with Gasteiger partial charge in [0.1, 0.15) is 5.15 Å². The smallest absolute Gasteiger partial charge is 0.276 e. The van der Waals surface area contributed by atoms with E-state index in [0.717, 1.165) is 17.0 Å². The summed E-state index contributed by atoms with van der Waals surface area (Å²) in [6, 6.07) is 24.1. The molecule has 2 amide bonds. The van der Waals surface area contributed by atoms with Gasteiger partial charge >= 0.3 is 0 Å². The molecule has 0 radical (unpaired) electrons. The molecule has 0 bridgehead atoms. The second-order valence-corrected chi connectivity index (χ2v) is 13.9. The molecule has 4 aromatic heterocycles. The molecule has 2 aromatic carbocycles. The van der Waals surface area contributed by atoms with Crippen LogP contribution in [0, 0.1) is 20.4 Å². The number of ketones is 2. The fourth-order valence-corrected chi connectivity index (χ4v) is 5.45. The zero-order chi connectivity index (χ0) is 42.7. The lowest BCUT2D eigenvalue weighted by Crippen LogP contribution is -2.21. The maximum atomic E-state index is 12.6. The average Bonchev–Trinajstić information content (AvgIpc) is 3.19. The number of rotatable bonds is 8. The Kier molecular flexibility index (Phi) is 14.8. The first-order valence-corrected chi connectivity index (χ1v) is 18.1. The fraction of sp³-hybridized carbons (Fsp3) is 0.205. The third-order valence-electron chi connectivity index (χ3n) is 8.23. The Morgan fingerprint density at radius 2 is 1.19 bits per heavy atom. The average molecular weight is 800 g/mol. The normalized spacial score (nSPS) is 10.5. The van der Waals surface area contributed by atoms with Crippen molar-refractivity contribution < 1.29 is 23.6 Å². The summed E-state index contributed by atoms with van der Waals surface area (Å²) in [6.45, 7) is 9.98. The number of carbonyl (C=O) groups excluding carboxylic acids is 4. The van der Waals surface area contributed by atoms with E-state index in [1.807, 2.05) is 33.2 Å². The molecule has 0 fully saturated rings. The summed E-state index contributed by atoms with van der Waals surface area (Å²) in [5.41, 5.74) is 5.45. The highest BCUT2D eigenvalue weighted by atomic mass is 35.5. The van der Waals surface area contributed by atoms with Gasteiger partial charge in [-0.25, -0.2) is 21.5 Å². The quantitative estimate of drug-likeness (QED) is 0.0508. The van der Waals surface area contributed by atoms with Crippen LogP contribution in [-0.4, -0.2) is 102 Å². The first-order chi connectivity index (χ1) is 27.5. The molecule has 14 heteroatoms. The summed E-state index contributed by atoms with van der Waals surface area (Å²) in [7, 11) is 10.5. The van der Waals surface area contributed by atoms with E-state index in [4.69, 9.17) is 22.6 Å². The molecule has 0 saturated heterocycles. The van der Waals surface area contributed by atoms with E-state index in [-0.39, 0.29) is 51.9 Å². The zero-order valence-electron chi connectivity index (χ0n) is 33.4. The number of amides is 2. The van der Waals surface area contributed by atoms with Crippen LogP contribution in [-0.2, 0) is 0 Å². The van der Waals surface area contributed by atoms with Gasteiger partial charge in [0.05, 0.1) is 22.0 Å². The second kappa shape index (κ2) is 19.7. The molecule has 0 aliphatic rings. The largest absolute Gasteiger partial charge is 0.419 e. The number of fused-ring (bicyclic) bond motifs is 2. The molecule has 296 valence electrons. The molecule has 0 N–H and O–H groups in total. The van der Waals surface area contributed by atoms with E-state index in [2.05, 4.69) is 19.8 Å². The molecule has 0 aliphatic heterocycles. The van der Waals surface area contributed by atoms with Crippen LogP contribution >= 0.6 is 11.6 Å². The van der Waals surface area contributed by atoms with E-state index in [1.54, 1.807) is 119 Å². The van der Waals surface area contributed by atoms with Crippen molar-refractivity contribution in [2.45, 2.75) is 13.8 Å². The molecular weight excluding hydrogens is 758 g/mol. The Hall–Kier alpha value is -7.04. The Bertz CT molecular complexity index is 2610. The monoisotopic (exact) mass is 799 g/mol. The van der Waals surface area contributed by atoms with Gasteiger partial charge in [-0.05, 0) is 74.5 Å². The topological polar surface area (TPSA) is 151 Å². The van der Waals surface area contributed by atoms with Gasteiger partial charge < -0.3 is 24.0 Å². The van der Waals surface area contributed by atoms with E-state index in [9.17, 15) is 24.0 Å². The van der Waals surface area contributed by atoms with Crippen molar-refractivity contribution in [3.05, 3.63) is 158 Å². The third-order valence-corrected chi connectivity index (χ3v) is 8.52. The van der Waals surface area contributed by atoms with Gasteiger partial charge in [-0.2, -0.15) is 0 Å². The maximum Gasteiger partial charge on any atom is 0.276 e. The summed E-state index contributed by atoms with van der Waals surface area (Å²) >= 11 is 5.73. The Balaban J connectivity index is 0.000000208. The Morgan fingerprint density at radius 3 is 1.72 bits per heavy atom. The van der Waals surface area contributed by atoms with Gasteiger partial charge in [0, 0.05) is 88.2 Å². The van der Waals surface area contributed by atoms with Crippen molar-refractivity contribution in [1.29, 1.82) is 0 Å². The molecule has 0 spiro atoms. The third kappa shape index (κ3) is 11.3. The second-order valence-electron chi connectivity index (χ2n) is 13.5. The zero-order valence-corrected chi connectivity index (χ0v) is 34.2. The molecule has 4 heterocycles. The molecule has 13 nitrogen and oxygen atoms in total. The predicted octanol–water partition coefficient (Wildman–Crippen LogP) is 7.21. The van der Waals surface area contributed by atoms with Crippen LogP contribution in [0.3, 0.4) is 0 Å². The molecule has 6 rings (SSSR count). The van der Waals surface area contributed by atoms with E-state index in [1.165, 1.54) is 15.9 Å². The minimum atomic E-state index is -0.285. The van der Waals surface area contributed by atoms with Crippen LogP contribution < -0.4 is 5.43 Å². The van der Waals surface area contributed by atoms with Gasteiger partial charge in [-0.1, -0.05) is 35.9 Å². The lowest BCUT2D eigenvalue weighted by atomic mass is 10.1. The van der Waals surface area contributed by atoms with Gasteiger partial charge in [-0.3, -0.25) is 24.0 Å². The lowest BCUT2D eigenvalue weighted by molar-refractivity contribution is 0.0820. The molecule has 0 unspecified atom stereocenters. The summed E-state index contributed by atoms with van der Waals surface area (Å²) < 4.78 is 5.78. The van der Waals surface area contributed by atoms with E-state index >= 15 is 0 Å². The number of pyridine rings is 3. The van der Waals surface area contributed by atoms with Crippen molar-refractivity contribution in [3.63, 3.8) is 0 Å². The van der Waals surface area contributed by atoms with Gasteiger partial charge in [-0.15, -0.1) is 0 Å². The summed E-state index contributed by atoms with van der Waals surface area (Å²) in [4.78, 5) is 79.8. The fourth-order valence-electron chi connectivity index (χ4n) is 5.15. The first kappa shape index (κ1) is 43.7. The predicted molar refractivity (Wildman–Crippen MR) is 225 cm³/mol. The SMILES string of the molecule is CN(C)/C=C/C(=O)c1ccc(C(=O)N(C)C)cc1.Cc1ccc2c(=O)c3ccc(-c4ccc(C(=O)N(C)C)cc4)nc3oc2n1.[C-]#[N+]CC(=O)c1ccc(C)nc1Cl. The molecule has 6 aromatic rings. The maximum absolute atomic E-state index is 12.6. The molecule has 0 aliphatic carbocycles. The molecular formula is C44H42ClN7O6. The van der Waals surface area contributed by atoms with Crippen LogP contribution in [0.4, 0.5) is 0 Å². The lowest BCUT2D eigenvalue weighted by Gasteiger charge is -2.10. The molecule has 58 heavy (non-hydrogen) atoms. The Morgan fingerprint density at radius 1 is 0.690 bits per heavy atom. The number of Topliss-reactive ketones (excluding diaryl/α,β-unsaturated/α-hetero) is 1. The van der Waals surface area contributed by atoms with Crippen molar-refractivity contribution in [2.24, 2.45) is 0 Å². The van der Waals surface area contributed by atoms with Gasteiger partial charge in [0.25, 0.3) is 18.4 Å². The number of allylic oxidation sites excluding steroid dienone is 1. The number of aromatic nitrogens is 3. The van der Waals surface area contributed by atoms with Gasteiger partial charge in [0.15, 0.2) is 5.78 Å².